The van der Waals surface area contributed by atoms with Crippen LogP contribution in [0.2, 0.25) is 0 Å². The highest BCUT2D eigenvalue weighted by Crippen LogP contribution is 2.31. The number of thiophene rings is 1. The highest BCUT2D eigenvalue weighted by atomic mass is 79.9. The van der Waals surface area contributed by atoms with Gasteiger partial charge in [0.05, 0.1) is 8.66 Å². The van der Waals surface area contributed by atoms with E-state index >= 15 is 0 Å². The maximum absolute atomic E-state index is 12.3. The van der Waals surface area contributed by atoms with Gasteiger partial charge < -0.3 is 10.1 Å². The summed E-state index contributed by atoms with van der Waals surface area (Å²) in [5.41, 5.74) is 1.56. The number of rotatable bonds is 2. The molecule has 106 valence electrons. The minimum Gasteiger partial charge on any atom is -0.493 e. The van der Waals surface area contributed by atoms with Crippen molar-refractivity contribution in [2.45, 2.75) is 6.92 Å². The van der Waals surface area contributed by atoms with E-state index in [-0.39, 0.29) is 17.0 Å². The van der Waals surface area contributed by atoms with Gasteiger partial charge in [0.1, 0.15) is 5.56 Å². The van der Waals surface area contributed by atoms with Crippen molar-refractivity contribution in [3.63, 3.8) is 0 Å². The first-order chi connectivity index (χ1) is 10.0. The van der Waals surface area contributed by atoms with Crippen LogP contribution in [0.4, 0.5) is 0 Å². The number of benzene rings is 1. The van der Waals surface area contributed by atoms with Crippen molar-refractivity contribution in [1.29, 1.82) is 0 Å². The minimum absolute atomic E-state index is 0.189. The van der Waals surface area contributed by atoms with Crippen LogP contribution in [0.1, 0.15) is 5.56 Å². The summed E-state index contributed by atoms with van der Waals surface area (Å²) in [6, 6.07) is 11.1. The smallest absolute Gasteiger partial charge is 0.262 e. The molecule has 2 heterocycles. The van der Waals surface area contributed by atoms with E-state index in [1.54, 1.807) is 12.1 Å². The Labute approximate surface area is 133 Å². The number of nitrogens with zero attached hydrogens (tertiary/aromatic N) is 1. The molecule has 2 N–H and O–H groups in total. The number of aromatic hydroxyl groups is 1. The molecular formula is C15H11BrN2O2S. The third kappa shape index (κ3) is 2.77. The standard InChI is InChI=1S/C15H11BrN2O2S/c1-8-2-4-9(5-3-8)12-14(19)17-13(18-15(12)20)10-6-7-11(16)21-10/h2-7H,1H3,(H2,17,18,19,20). The van der Waals surface area contributed by atoms with Crippen LogP contribution in [0, 0.1) is 6.92 Å². The molecule has 4 nitrogen and oxygen atoms in total. The Bertz CT molecular complexity index is 853. The van der Waals surface area contributed by atoms with Crippen LogP contribution in [0.5, 0.6) is 5.88 Å². The Morgan fingerprint density at radius 3 is 2.48 bits per heavy atom. The molecule has 0 aliphatic rings. The zero-order chi connectivity index (χ0) is 15.0. The highest BCUT2D eigenvalue weighted by molar-refractivity contribution is 9.11. The van der Waals surface area contributed by atoms with Gasteiger partial charge in [-0.1, -0.05) is 29.8 Å². The van der Waals surface area contributed by atoms with E-state index in [0.29, 0.717) is 11.4 Å². The predicted octanol–water partition coefficient (Wildman–Crippen LogP) is 3.94. The van der Waals surface area contributed by atoms with Crippen molar-refractivity contribution in [3.05, 3.63) is 56.1 Å². The van der Waals surface area contributed by atoms with E-state index in [0.717, 1.165) is 14.2 Å². The average Bonchev–Trinajstić information content (AvgIpc) is 2.87. The van der Waals surface area contributed by atoms with Gasteiger partial charge in [-0.25, -0.2) is 0 Å². The molecule has 6 heteroatoms. The van der Waals surface area contributed by atoms with Gasteiger partial charge in [0, 0.05) is 0 Å². The molecule has 0 aliphatic heterocycles. The number of halogens is 1. The first-order valence-electron chi connectivity index (χ1n) is 6.20. The molecule has 0 radical (unpaired) electrons. The van der Waals surface area contributed by atoms with Crippen LogP contribution in [-0.4, -0.2) is 15.1 Å². The van der Waals surface area contributed by atoms with Crippen molar-refractivity contribution in [1.82, 2.24) is 9.97 Å². The van der Waals surface area contributed by atoms with Gasteiger partial charge in [0.15, 0.2) is 5.82 Å². The monoisotopic (exact) mass is 362 g/mol. The first-order valence-corrected chi connectivity index (χ1v) is 7.81. The molecular weight excluding hydrogens is 352 g/mol. The summed E-state index contributed by atoms with van der Waals surface area (Å²) in [4.78, 5) is 19.9. The minimum atomic E-state index is -0.356. The molecule has 1 aromatic carbocycles. The van der Waals surface area contributed by atoms with Crippen molar-refractivity contribution < 1.29 is 5.11 Å². The van der Waals surface area contributed by atoms with Gasteiger partial charge in [0.25, 0.3) is 5.56 Å². The van der Waals surface area contributed by atoms with Crippen LogP contribution in [0.15, 0.2) is 45.0 Å². The topological polar surface area (TPSA) is 66.0 Å². The van der Waals surface area contributed by atoms with Crippen molar-refractivity contribution in [2.24, 2.45) is 0 Å². The van der Waals surface area contributed by atoms with Crippen LogP contribution in [0.3, 0.4) is 0 Å². The lowest BCUT2D eigenvalue weighted by molar-refractivity contribution is 0.454. The van der Waals surface area contributed by atoms with Crippen LogP contribution < -0.4 is 5.56 Å². The molecule has 0 saturated heterocycles. The van der Waals surface area contributed by atoms with E-state index < -0.39 is 0 Å². The van der Waals surface area contributed by atoms with Crippen LogP contribution in [0.25, 0.3) is 21.8 Å². The molecule has 3 rings (SSSR count). The van der Waals surface area contributed by atoms with E-state index in [4.69, 9.17) is 0 Å². The molecule has 0 unspecified atom stereocenters. The zero-order valence-electron chi connectivity index (χ0n) is 11.1. The Kier molecular flexibility index (Phi) is 3.65. The molecule has 0 atom stereocenters. The quantitative estimate of drug-likeness (QED) is 0.725. The lowest BCUT2D eigenvalue weighted by Gasteiger charge is -2.05. The van der Waals surface area contributed by atoms with Crippen LogP contribution in [-0.2, 0) is 0 Å². The normalized spacial score (nSPS) is 10.8. The van der Waals surface area contributed by atoms with E-state index in [2.05, 4.69) is 25.9 Å². The largest absolute Gasteiger partial charge is 0.493 e. The van der Waals surface area contributed by atoms with Gasteiger partial charge in [-0.2, -0.15) is 4.98 Å². The molecule has 2 aromatic heterocycles. The molecule has 0 saturated carbocycles. The summed E-state index contributed by atoms with van der Waals surface area (Å²) in [6.07, 6.45) is 0. The van der Waals surface area contributed by atoms with Gasteiger partial charge in [0.2, 0.25) is 5.88 Å². The van der Waals surface area contributed by atoms with E-state index in [9.17, 15) is 9.90 Å². The van der Waals surface area contributed by atoms with Gasteiger partial charge >= 0.3 is 0 Å². The van der Waals surface area contributed by atoms with Crippen LogP contribution >= 0.6 is 27.3 Å². The second-order valence-electron chi connectivity index (χ2n) is 4.58. The fourth-order valence-electron chi connectivity index (χ4n) is 2.00. The lowest BCUT2D eigenvalue weighted by atomic mass is 10.1. The second-order valence-corrected chi connectivity index (χ2v) is 7.05. The third-order valence-electron chi connectivity index (χ3n) is 3.05. The third-order valence-corrected chi connectivity index (χ3v) is 4.68. The molecule has 21 heavy (non-hydrogen) atoms. The molecule has 0 spiro atoms. The number of hydrogen-bond acceptors (Lipinski definition) is 4. The predicted molar refractivity (Wildman–Crippen MR) is 87.7 cm³/mol. The lowest BCUT2D eigenvalue weighted by Crippen LogP contribution is -2.11. The summed E-state index contributed by atoms with van der Waals surface area (Å²) in [5, 5.41) is 10.1. The SMILES string of the molecule is Cc1ccc(-c2c(O)nc(-c3ccc(Br)s3)[nH]c2=O)cc1. The second kappa shape index (κ2) is 5.46. The molecule has 0 fully saturated rings. The molecule has 0 bridgehead atoms. The summed E-state index contributed by atoms with van der Waals surface area (Å²) in [7, 11) is 0. The first kappa shape index (κ1) is 14.0. The number of aromatic amines is 1. The zero-order valence-corrected chi connectivity index (χ0v) is 13.5. The van der Waals surface area contributed by atoms with Gasteiger partial charge in [-0.15, -0.1) is 11.3 Å². The van der Waals surface area contributed by atoms with Gasteiger partial charge in [-0.3, -0.25) is 4.79 Å². The fraction of sp³-hybridized carbons (Fsp3) is 0.0667. The molecule has 3 aromatic rings. The molecule has 0 amide bonds. The number of nitrogens with one attached hydrogen (secondary N) is 1. The van der Waals surface area contributed by atoms with Crippen molar-refractivity contribution in [2.75, 3.05) is 0 Å². The maximum Gasteiger partial charge on any atom is 0.262 e. The Hall–Kier alpha value is -1.92. The number of H-pyrrole nitrogens is 1. The van der Waals surface area contributed by atoms with Gasteiger partial charge in [-0.05, 0) is 40.5 Å². The number of hydrogen-bond donors (Lipinski definition) is 2. The van der Waals surface area contributed by atoms with Crippen molar-refractivity contribution >= 4 is 27.3 Å². The van der Waals surface area contributed by atoms with Crippen molar-refractivity contribution in [3.8, 4) is 27.7 Å². The van der Waals surface area contributed by atoms with E-state index in [1.807, 2.05) is 31.2 Å². The number of aromatic nitrogens is 2. The number of aryl methyl sites for hydroxylation is 1. The Balaban J connectivity index is 2.12. The Morgan fingerprint density at radius 1 is 1.19 bits per heavy atom. The summed E-state index contributed by atoms with van der Waals surface area (Å²) in [6.45, 7) is 1.96. The summed E-state index contributed by atoms with van der Waals surface area (Å²) in [5.74, 6) is 0.103. The summed E-state index contributed by atoms with van der Waals surface area (Å²) >= 11 is 4.80. The summed E-state index contributed by atoms with van der Waals surface area (Å²) < 4.78 is 0.933. The maximum atomic E-state index is 12.3. The fourth-order valence-corrected chi connectivity index (χ4v) is 3.33. The Morgan fingerprint density at radius 2 is 1.90 bits per heavy atom. The van der Waals surface area contributed by atoms with E-state index in [1.165, 1.54) is 11.3 Å². The highest BCUT2D eigenvalue weighted by Gasteiger charge is 2.14. The molecule has 0 aliphatic carbocycles. The average molecular weight is 363 g/mol.